The van der Waals surface area contributed by atoms with Gasteiger partial charge < -0.3 is 14.9 Å². The van der Waals surface area contributed by atoms with Crippen LogP contribution in [0.4, 0.5) is 0 Å². The van der Waals surface area contributed by atoms with Crippen molar-refractivity contribution in [2.45, 2.75) is 0 Å². The molecule has 0 amide bonds. The second kappa shape index (κ2) is 4.31. The summed E-state index contributed by atoms with van der Waals surface area (Å²) in [7, 11) is 1.37. The van der Waals surface area contributed by atoms with Gasteiger partial charge in [0.1, 0.15) is 5.75 Å². The minimum atomic E-state index is -1.31. The number of benzene rings is 1. The van der Waals surface area contributed by atoms with E-state index in [9.17, 15) is 9.59 Å². The quantitative estimate of drug-likeness (QED) is 0.879. The van der Waals surface area contributed by atoms with E-state index in [0.29, 0.717) is 4.47 Å². The molecule has 0 fully saturated rings. The molecule has 0 aliphatic heterocycles. The summed E-state index contributed by atoms with van der Waals surface area (Å²) in [6, 6.07) is 2.36. The number of halogens is 1. The maximum atomic E-state index is 10.8. The van der Waals surface area contributed by atoms with E-state index < -0.39 is 11.9 Å². The van der Waals surface area contributed by atoms with E-state index in [1.807, 2.05) is 0 Å². The SMILES string of the molecule is COc1cc(C(=O)O)c(C(=O)O)cc1Br. The zero-order valence-electron chi connectivity index (χ0n) is 7.65. The Morgan fingerprint density at radius 3 is 2.07 bits per heavy atom. The summed E-state index contributed by atoms with van der Waals surface area (Å²) in [4.78, 5) is 21.5. The maximum Gasteiger partial charge on any atom is 0.336 e. The Morgan fingerprint density at radius 1 is 1.20 bits per heavy atom. The number of aromatic carboxylic acids is 2. The third-order valence-electron chi connectivity index (χ3n) is 1.75. The fourth-order valence-corrected chi connectivity index (χ4v) is 1.57. The maximum absolute atomic E-state index is 10.8. The molecule has 0 aromatic heterocycles. The van der Waals surface area contributed by atoms with E-state index in [4.69, 9.17) is 14.9 Å². The average molecular weight is 275 g/mol. The third kappa shape index (κ3) is 2.27. The van der Waals surface area contributed by atoms with Gasteiger partial charge in [-0.15, -0.1) is 0 Å². The van der Waals surface area contributed by atoms with Crippen LogP contribution in [0.1, 0.15) is 20.7 Å². The first-order valence-corrected chi connectivity index (χ1v) is 4.60. The van der Waals surface area contributed by atoms with Gasteiger partial charge in [-0.1, -0.05) is 0 Å². The predicted octanol–water partition coefficient (Wildman–Crippen LogP) is 1.85. The average Bonchev–Trinajstić information content (AvgIpc) is 2.16. The van der Waals surface area contributed by atoms with Gasteiger partial charge in [0, 0.05) is 0 Å². The van der Waals surface area contributed by atoms with Gasteiger partial charge in [-0.3, -0.25) is 0 Å². The van der Waals surface area contributed by atoms with Gasteiger partial charge in [-0.2, -0.15) is 0 Å². The number of hydrogen-bond donors (Lipinski definition) is 2. The number of methoxy groups -OCH3 is 1. The molecular formula is C9H7BrO5. The van der Waals surface area contributed by atoms with Crippen LogP contribution in [0.3, 0.4) is 0 Å². The first-order chi connectivity index (χ1) is 6.97. The molecule has 1 aromatic rings. The molecule has 0 saturated carbocycles. The van der Waals surface area contributed by atoms with Crippen LogP contribution in [0, 0.1) is 0 Å². The highest BCUT2D eigenvalue weighted by Gasteiger charge is 2.18. The molecule has 1 rings (SSSR count). The summed E-state index contributed by atoms with van der Waals surface area (Å²) in [5.74, 6) is -2.33. The number of carboxylic acids is 2. The summed E-state index contributed by atoms with van der Waals surface area (Å²) in [6.45, 7) is 0. The predicted molar refractivity (Wildman–Crippen MR) is 54.6 cm³/mol. The second-order valence-electron chi connectivity index (χ2n) is 2.64. The highest BCUT2D eigenvalue weighted by atomic mass is 79.9. The van der Waals surface area contributed by atoms with Crippen LogP contribution in [-0.4, -0.2) is 29.3 Å². The first kappa shape index (κ1) is 11.5. The molecule has 6 heteroatoms. The summed E-state index contributed by atoms with van der Waals surface area (Å²) in [6.07, 6.45) is 0. The molecule has 0 aliphatic rings. The summed E-state index contributed by atoms with van der Waals surface area (Å²) in [5.41, 5.74) is -0.585. The Kier molecular flexibility index (Phi) is 3.31. The molecule has 0 unspecified atom stereocenters. The monoisotopic (exact) mass is 274 g/mol. The van der Waals surface area contributed by atoms with Crippen molar-refractivity contribution in [1.29, 1.82) is 0 Å². The fourth-order valence-electron chi connectivity index (χ4n) is 1.06. The third-order valence-corrected chi connectivity index (χ3v) is 2.37. The van der Waals surface area contributed by atoms with Gasteiger partial charge in [-0.05, 0) is 28.1 Å². The Labute approximate surface area is 93.4 Å². The molecule has 15 heavy (non-hydrogen) atoms. The molecule has 2 N–H and O–H groups in total. The van der Waals surface area contributed by atoms with E-state index in [-0.39, 0.29) is 16.9 Å². The van der Waals surface area contributed by atoms with Crippen molar-refractivity contribution < 1.29 is 24.5 Å². The smallest absolute Gasteiger partial charge is 0.336 e. The molecule has 0 heterocycles. The molecule has 0 radical (unpaired) electrons. The Bertz CT molecular complexity index is 427. The molecule has 0 spiro atoms. The zero-order valence-corrected chi connectivity index (χ0v) is 9.24. The van der Waals surface area contributed by atoms with Crippen molar-refractivity contribution in [2.75, 3.05) is 7.11 Å². The second-order valence-corrected chi connectivity index (χ2v) is 3.50. The van der Waals surface area contributed by atoms with E-state index in [1.165, 1.54) is 13.2 Å². The van der Waals surface area contributed by atoms with Gasteiger partial charge >= 0.3 is 11.9 Å². The van der Waals surface area contributed by atoms with Crippen LogP contribution >= 0.6 is 15.9 Å². The number of carboxylic acid groups (broad SMARTS) is 2. The van der Waals surface area contributed by atoms with Crippen molar-refractivity contribution in [2.24, 2.45) is 0 Å². The van der Waals surface area contributed by atoms with Gasteiger partial charge in [0.25, 0.3) is 0 Å². The lowest BCUT2D eigenvalue weighted by Crippen LogP contribution is -2.08. The van der Waals surface area contributed by atoms with Crippen LogP contribution in [0.2, 0.25) is 0 Å². The number of rotatable bonds is 3. The van der Waals surface area contributed by atoms with Crippen molar-refractivity contribution in [1.82, 2.24) is 0 Å². The largest absolute Gasteiger partial charge is 0.496 e. The molecule has 1 aromatic carbocycles. The highest BCUT2D eigenvalue weighted by Crippen LogP contribution is 2.28. The van der Waals surface area contributed by atoms with Crippen molar-refractivity contribution in [3.63, 3.8) is 0 Å². The fraction of sp³-hybridized carbons (Fsp3) is 0.111. The lowest BCUT2D eigenvalue weighted by atomic mass is 10.1. The lowest BCUT2D eigenvalue weighted by molar-refractivity contribution is 0.0651. The van der Waals surface area contributed by atoms with Crippen molar-refractivity contribution >= 4 is 27.9 Å². The van der Waals surface area contributed by atoms with Gasteiger partial charge in [0.2, 0.25) is 0 Å². The van der Waals surface area contributed by atoms with Crippen LogP contribution in [0.15, 0.2) is 16.6 Å². The summed E-state index contributed by atoms with van der Waals surface area (Å²) in [5, 5.41) is 17.6. The van der Waals surface area contributed by atoms with E-state index >= 15 is 0 Å². The number of ether oxygens (including phenoxy) is 1. The van der Waals surface area contributed by atoms with Gasteiger partial charge in [0.05, 0.1) is 22.7 Å². The number of hydrogen-bond acceptors (Lipinski definition) is 3. The molecular weight excluding hydrogens is 268 g/mol. The minimum Gasteiger partial charge on any atom is -0.496 e. The first-order valence-electron chi connectivity index (χ1n) is 3.81. The van der Waals surface area contributed by atoms with E-state index in [2.05, 4.69) is 15.9 Å². The summed E-state index contributed by atoms with van der Waals surface area (Å²) >= 11 is 3.08. The van der Waals surface area contributed by atoms with Crippen LogP contribution < -0.4 is 4.74 Å². The molecule has 0 bridgehead atoms. The van der Waals surface area contributed by atoms with Crippen molar-refractivity contribution in [3.05, 3.63) is 27.7 Å². The Balaban J connectivity index is 3.45. The van der Waals surface area contributed by atoms with Gasteiger partial charge in [0.15, 0.2) is 0 Å². The van der Waals surface area contributed by atoms with Crippen LogP contribution in [0.25, 0.3) is 0 Å². The minimum absolute atomic E-state index is 0.275. The highest BCUT2D eigenvalue weighted by molar-refractivity contribution is 9.10. The Hall–Kier alpha value is -1.56. The normalized spacial score (nSPS) is 9.73. The standard InChI is InChI=1S/C9H7BrO5/c1-15-7-3-5(9(13)14)4(8(11)12)2-6(7)10/h2-3H,1H3,(H,11,12)(H,13,14). The molecule has 0 saturated heterocycles. The Morgan fingerprint density at radius 2 is 1.67 bits per heavy atom. The van der Waals surface area contributed by atoms with E-state index in [0.717, 1.165) is 6.07 Å². The lowest BCUT2D eigenvalue weighted by Gasteiger charge is -2.07. The van der Waals surface area contributed by atoms with E-state index in [1.54, 1.807) is 0 Å². The molecule has 5 nitrogen and oxygen atoms in total. The molecule has 0 atom stereocenters. The van der Waals surface area contributed by atoms with Crippen LogP contribution in [0.5, 0.6) is 5.75 Å². The molecule has 0 aliphatic carbocycles. The summed E-state index contributed by atoms with van der Waals surface area (Å²) < 4.78 is 5.26. The molecule has 80 valence electrons. The zero-order chi connectivity index (χ0) is 11.6. The topological polar surface area (TPSA) is 83.8 Å². The number of carbonyl (C=O) groups is 2. The van der Waals surface area contributed by atoms with Gasteiger partial charge in [-0.25, -0.2) is 9.59 Å². The van der Waals surface area contributed by atoms with Crippen molar-refractivity contribution in [3.8, 4) is 5.75 Å². The van der Waals surface area contributed by atoms with Crippen LogP contribution in [-0.2, 0) is 0 Å².